The van der Waals surface area contributed by atoms with Crippen LogP contribution in [0.3, 0.4) is 0 Å². The van der Waals surface area contributed by atoms with E-state index in [1.165, 1.54) is 0 Å². The van der Waals surface area contributed by atoms with Crippen molar-refractivity contribution in [3.63, 3.8) is 0 Å². The number of hydrogen-bond acceptors (Lipinski definition) is 4. The van der Waals surface area contributed by atoms with Gasteiger partial charge in [-0.25, -0.2) is 0 Å². The second kappa shape index (κ2) is 6.70. The Morgan fingerprint density at radius 2 is 2.14 bits per heavy atom. The molecule has 2 heterocycles. The Balaban J connectivity index is 1.65. The molecule has 21 heavy (non-hydrogen) atoms. The summed E-state index contributed by atoms with van der Waals surface area (Å²) in [7, 11) is 0. The molecule has 1 atom stereocenters. The van der Waals surface area contributed by atoms with Crippen molar-refractivity contribution in [2.24, 2.45) is 0 Å². The smallest absolute Gasteiger partial charge is 0.124 e. The number of likely N-dealkylation sites (tertiary alicyclic amines) is 1. The molecule has 0 amide bonds. The zero-order valence-corrected chi connectivity index (χ0v) is 12.0. The molecule has 2 aromatic rings. The van der Waals surface area contributed by atoms with E-state index >= 15 is 0 Å². The van der Waals surface area contributed by atoms with Gasteiger partial charge in [-0.1, -0.05) is 24.3 Å². The average molecular weight is 284 g/mol. The van der Waals surface area contributed by atoms with Gasteiger partial charge in [-0.3, -0.25) is 9.88 Å². The van der Waals surface area contributed by atoms with E-state index in [0.717, 1.165) is 42.9 Å². The lowest BCUT2D eigenvalue weighted by molar-refractivity contribution is 0.174. The highest BCUT2D eigenvalue weighted by Gasteiger charge is 2.20. The van der Waals surface area contributed by atoms with Crippen molar-refractivity contribution in [2.75, 3.05) is 13.1 Å². The van der Waals surface area contributed by atoms with Crippen molar-refractivity contribution >= 4 is 0 Å². The van der Waals surface area contributed by atoms with Gasteiger partial charge >= 0.3 is 0 Å². The molecule has 0 bridgehead atoms. The standard InChI is InChI=1S/C17H20N2O2/c20-16-7-9-19(12-16)11-15-5-1-2-6-17(15)21-13-14-4-3-8-18-10-14/h1-6,8,10,16,20H,7,9,11-13H2/t16-/m1/s1. The molecule has 0 spiro atoms. The number of aliphatic hydroxyl groups excluding tert-OH is 1. The number of benzene rings is 1. The molecule has 110 valence electrons. The first-order chi connectivity index (χ1) is 10.3. The maximum atomic E-state index is 9.62. The number of aromatic nitrogens is 1. The number of hydrogen-bond donors (Lipinski definition) is 1. The topological polar surface area (TPSA) is 45.6 Å². The predicted molar refractivity (Wildman–Crippen MR) is 80.9 cm³/mol. The van der Waals surface area contributed by atoms with Gasteiger partial charge in [0.2, 0.25) is 0 Å². The van der Waals surface area contributed by atoms with E-state index in [9.17, 15) is 5.11 Å². The van der Waals surface area contributed by atoms with Gasteiger partial charge in [-0.05, 0) is 18.6 Å². The Bertz CT molecular complexity index is 574. The fraction of sp³-hybridized carbons (Fsp3) is 0.353. The Hall–Kier alpha value is -1.91. The minimum absolute atomic E-state index is 0.187. The third-order valence-electron chi connectivity index (χ3n) is 3.73. The third-order valence-corrected chi connectivity index (χ3v) is 3.73. The fourth-order valence-corrected chi connectivity index (χ4v) is 2.62. The molecule has 0 saturated carbocycles. The second-order valence-electron chi connectivity index (χ2n) is 5.44. The SMILES string of the molecule is O[C@@H]1CCN(Cc2ccccc2OCc2cccnc2)C1. The van der Waals surface area contributed by atoms with Crippen molar-refractivity contribution < 1.29 is 9.84 Å². The first-order valence-corrected chi connectivity index (χ1v) is 7.31. The summed E-state index contributed by atoms with van der Waals surface area (Å²) in [5, 5.41) is 9.62. The highest BCUT2D eigenvalue weighted by molar-refractivity contribution is 5.33. The normalized spacial score (nSPS) is 18.8. The lowest BCUT2D eigenvalue weighted by atomic mass is 10.2. The number of pyridine rings is 1. The van der Waals surface area contributed by atoms with Crippen LogP contribution in [0, 0.1) is 0 Å². The highest BCUT2D eigenvalue weighted by atomic mass is 16.5. The zero-order chi connectivity index (χ0) is 14.5. The van der Waals surface area contributed by atoms with E-state index in [4.69, 9.17) is 4.74 Å². The van der Waals surface area contributed by atoms with Crippen LogP contribution in [0.15, 0.2) is 48.8 Å². The summed E-state index contributed by atoms with van der Waals surface area (Å²) in [4.78, 5) is 6.36. The van der Waals surface area contributed by atoms with Crippen molar-refractivity contribution in [1.82, 2.24) is 9.88 Å². The third kappa shape index (κ3) is 3.80. The summed E-state index contributed by atoms with van der Waals surface area (Å²) < 4.78 is 5.93. The Morgan fingerprint density at radius 3 is 2.90 bits per heavy atom. The molecule has 1 N–H and O–H groups in total. The van der Waals surface area contributed by atoms with Crippen molar-refractivity contribution in [2.45, 2.75) is 25.7 Å². The number of para-hydroxylation sites is 1. The zero-order valence-electron chi connectivity index (χ0n) is 12.0. The molecule has 1 saturated heterocycles. The number of ether oxygens (including phenoxy) is 1. The molecular formula is C17H20N2O2. The van der Waals surface area contributed by atoms with Crippen molar-refractivity contribution in [3.8, 4) is 5.75 Å². The fourth-order valence-electron chi connectivity index (χ4n) is 2.62. The van der Waals surface area contributed by atoms with Crippen LogP contribution >= 0.6 is 0 Å². The molecule has 0 unspecified atom stereocenters. The summed E-state index contributed by atoms with van der Waals surface area (Å²) in [5.41, 5.74) is 2.22. The van der Waals surface area contributed by atoms with E-state index in [0.29, 0.717) is 6.61 Å². The van der Waals surface area contributed by atoms with Crippen LogP contribution in [0.1, 0.15) is 17.5 Å². The summed E-state index contributed by atoms with van der Waals surface area (Å²) in [6.45, 7) is 3.03. The van der Waals surface area contributed by atoms with Crippen LogP contribution in [0.5, 0.6) is 5.75 Å². The Morgan fingerprint density at radius 1 is 1.24 bits per heavy atom. The lowest BCUT2D eigenvalue weighted by Crippen LogP contribution is -2.21. The van der Waals surface area contributed by atoms with Gasteiger partial charge in [-0.15, -0.1) is 0 Å². The van der Waals surface area contributed by atoms with Gasteiger partial charge in [-0.2, -0.15) is 0 Å². The van der Waals surface area contributed by atoms with Crippen molar-refractivity contribution in [3.05, 3.63) is 59.9 Å². The van der Waals surface area contributed by atoms with Crippen LogP contribution in [-0.4, -0.2) is 34.2 Å². The minimum Gasteiger partial charge on any atom is -0.489 e. The van der Waals surface area contributed by atoms with Crippen LogP contribution < -0.4 is 4.74 Å². The number of rotatable bonds is 5. The minimum atomic E-state index is -0.187. The first kappa shape index (κ1) is 14.0. The Kier molecular flexibility index (Phi) is 4.48. The number of nitrogens with zero attached hydrogens (tertiary/aromatic N) is 2. The molecule has 0 radical (unpaired) electrons. The van der Waals surface area contributed by atoms with Gasteiger partial charge < -0.3 is 9.84 Å². The molecule has 4 nitrogen and oxygen atoms in total. The average Bonchev–Trinajstić information content (AvgIpc) is 2.93. The summed E-state index contributed by atoms with van der Waals surface area (Å²) in [6.07, 6.45) is 4.25. The van der Waals surface area contributed by atoms with E-state index in [1.54, 1.807) is 6.20 Å². The molecule has 3 rings (SSSR count). The van der Waals surface area contributed by atoms with Gasteiger partial charge in [0.25, 0.3) is 0 Å². The maximum Gasteiger partial charge on any atom is 0.124 e. The first-order valence-electron chi connectivity index (χ1n) is 7.31. The molecule has 1 aromatic carbocycles. The summed E-state index contributed by atoms with van der Waals surface area (Å²) in [5.74, 6) is 0.905. The quantitative estimate of drug-likeness (QED) is 0.914. The van der Waals surface area contributed by atoms with Gasteiger partial charge in [0.1, 0.15) is 12.4 Å². The molecule has 4 heteroatoms. The summed E-state index contributed by atoms with van der Waals surface area (Å²) >= 11 is 0. The molecule has 0 aliphatic carbocycles. The maximum absolute atomic E-state index is 9.62. The summed E-state index contributed by atoms with van der Waals surface area (Å²) in [6, 6.07) is 12.0. The Labute approximate surface area is 125 Å². The van der Waals surface area contributed by atoms with Gasteiger partial charge in [0.05, 0.1) is 6.10 Å². The highest BCUT2D eigenvalue weighted by Crippen LogP contribution is 2.23. The van der Waals surface area contributed by atoms with E-state index in [2.05, 4.69) is 16.0 Å². The predicted octanol–water partition coefficient (Wildman–Crippen LogP) is 2.23. The molecule has 1 aromatic heterocycles. The lowest BCUT2D eigenvalue weighted by Gasteiger charge is -2.18. The van der Waals surface area contributed by atoms with Crippen molar-refractivity contribution in [1.29, 1.82) is 0 Å². The van der Waals surface area contributed by atoms with E-state index < -0.39 is 0 Å². The van der Waals surface area contributed by atoms with Crippen LogP contribution in [0.2, 0.25) is 0 Å². The van der Waals surface area contributed by atoms with Crippen LogP contribution in [0.4, 0.5) is 0 Å². The second-order valence-corrected chi connectivity index (χ2v) is 5.44. The molecule has 1 aliphatic heterocycles. The van der Waals surface area contributed by atoms with Gasteiger partial charge in [0, 0.05) is 43.2 Å². The molecular weight excluding hydrogens is 264 g/mol. The van der Waals surface area contributed by atoms with E-state index in [-0.39, 0.29) is 6.10 Å². The van der Waals surface area contributed by atoms with Crippen LogP contribution in [0.25, 0.3) is 0 Å². The largest absolute Gasteiger partial charge is 0.489 e. The number of β-amino-alcohol motifs (C(OH)–C–C–N with tert-alkyl or cyclic N) is 1. The number of aliphatic hydroxyl groups is 1. The monoisotopic (exact) mass is 284 g/mol. The molecule has 1 fully saturated rings. The van der Waals surface area contributed by atoms with E-state index in [1.807, 2.05) is 36.5 Å². The van der Waals surface area contributed by atoms with Gasteiger partial charge in [0.15, 0.2) is 0 Å². The molecule has 1 aliphatic rings. The van der Waals surface area contributed by atoms with Crippen LogP contribution in [-0.2, 0) is 13.2 Å².